The lowest BCUT2D eigenvalue weighted by Gasteiger charge is -2.16. The Morgan fingerprint density at radius 2 is 2.00 bits per heavy atom. The van der Waals surface area contributed by atoms with Crippen LogP contribution in [0.4, 0.5) is 0 Å². The van der Waals surface area contributed by atoms with Crippen LogP contribution in [-0.2, 0) is 17.7 Å². The molecular weight excluding hydrogens is 260 g/mol. The molecule has 0 radical (unpaired) electrons. The predicted molar refractivity (Wildman–Crippen MR) is 82.3 cm³/mol. The van der Waals surface area contributed by atoms with Crippen molar-refractivity contribution in [2.24, 2.45) is 5.73 Å². The van der Waals surface area contributed by atoms with Crippen molar-refractivity contribution in [2.75, 3.05) is 0 Å². The Hall–Kier alpha value is -0.0600. The zero-order chi connectivity index (χ0) is 13.2. The van der Waals surface area contributed by atoms with Gasteiger partial charge >= 0.3 is 0 Å². The quantitative estimate of drug-likeness (QED) is 0.905. The van der Waals surface area contributed by atoms with Crippen LogP contribution in [0.2, 0.25) is 0 Å². The first-order chi connectivity index (χ1) is 8.50. The number of thioether (sulfide) groups is 1. The Morgan fingerprint density at radius 3 is 2.50 bits per heavy atom. The molecule has 1 fully saturated rings. The summed E-state index contributed by atoms with van der Waals surface area (Å²) in [6.07, 6.45) is 5.62. The van der Waals surface area contributed by atoms with Gasteiger partial charge in [-0.05, 0) is 12.8 Å². The second kappa shape index (κ2) is 5.93. The third-order valence-corrected chi connectivity index (χ3v) is 6.03. The third kappa shape index (κ3) is 3.49. The van der Waals surface area contributed by atoms with Crippen molar-refractivity contribution >= 4 is 23.1 Å². The Kier molecular flexibility index (Phi) is 4.73. The van der Waals surface area contributed by atoms with E-state index in [1.807, 2.05) is 11.3 Å². The summed E-state index contributed by atoms with van der Waals surface area (Å²) in [6.45, 7) is 7.28. The van der Waals surface area contributed by atoms with E-state index in [9.17, 15) is 0 Å². The number of hydrogen-bond donors (Lipinski definition) is 1. The van der Waals surface area contributed by atoms with Gasteiger partial charge in [0.15, 0.2) is 0 Å². The maximum Gasteiger partial charge on any atom is 0.103 e. The largest absolute Gasteiger partial charge is 0.326 e. The molecule has 2 rings (SSSR count). The highest BCUT2D eigenvalue weighted by molar-refractivity contribution is 7.99. The molecule has 0 saturated heterocycles. The SMILES string of the molecule is CC(C)(C)c1nc(CSC2CCCC2)sc1CN. The number of aromatic nitrogens is 1. The van der Waals surface area contributed by atoms with Crippen molar-refractivity contribution in [2.45, 2.75) is 69.4 Å². The monoisotopic (exact) mass is 284 g/mol. The zero-order valence-corrected chi connectivity index (χ0v) is 13.3. The Morgan fingerprint density at radius 1 is 1.33 bits per heavy atom. The Labute approximate surface area is 119 Å². The Bertz CT molecular complexity index is 387. The average molecular weight is 284 g/mol. The van der Waals surface area contributed by atoms with Crippen LogP contribution in [0, 0.1) is 0 Å². The van der Waals surface area contributed by atoms with Gasteiger partial charge in [0.2, 0.25) is 0 Å². The van der Waals surface area contributed by atoms with E-state index in [2.05, 4.69) is 32.5 Å². The molecule has 0 spiro atoms. The minimum Gasteiger partial charge on any atom is -0.326 e. The van der Waals surface area contributed by atoms with Gasteiger partial charge in [0.25, 0.3) is 0 Å². The van der Waals surface area contributed by atoms with Gasteiger partial charge in [-0.25, -0.2) is 4.98 Å². The summed E-state index contributed by atoms with van der Waals surface area (Å²) < 4.78 is 0. The van der Waals surface area contributed by atoms with Crippen LogP contribution in [0.1, 0.15) is 62.0 Å². The van der Waals surface area contributed by atoms with Crippen LogP contribution in [0.3, 0.4) is 0 Å². The van der Waals surface area contributed by atoms with E-state index in [0.29, 0.717) is 6.54 Å². The topological polar surface area (TPSA) is 38.9 Å². The van der Waals surface area contributed by atoms with Crippen LogP contribution in [0.5, 0.6) is 0 Å². The number of nitrogens with zero attached hydrogens (tertiary/aromatic N) is 1. The lowest BCUT2D eigenvalue weighted by molar-refractivity contribution is 0.565. The molecule has 1 aromatic rings. The third-order valence-electron chi connectivity index (χ3n) is 3.38. The van der Waals surface area contributed by atoms with Crippen LogP contribution in [-0.4, -0.2) is 10.2 Å². The fraction of sp³-hybridized carbons (Fsp3) is 0.786. The van der Waals surface area contributed by atoms with Crippen LogP contribution in [0.25, 0.3) is 0 Å². The smallest absolute Gasteiger partial charge is 0.103 e. The fourth-order valence-corrected chi connectivity index (χ4v) is 4.93. The highest BCUT2D eigenvalue weighted by Crippen LogP contribution is 2.35. The molecule has 0 amide bonds. The van der Waals surface area contributed by atoms with E-state index in [-0.39, 0.29) is 5.41 Å². The first-order valence-electron chi connectivity index (χ1n) is 6.81. The summed E-state index contributed by atoms with van der Waals surface area (Å²) >= 11 is 3.90. The minimum absolute atomic E-state index is 0.113. The second-order valence-corrected chi connectivity index (χ2v) is 8.51. The number of thiazole rings is 1. The summed E-state index contributed by atoms with van der Waals surface area (Å²) in [5, 5.41) is 2.13. The van der Waals surface area contributed by atoms with Crippen molar-refractivity contribution < 1.29 is 0 Å². The van der Waals surface area contributed by atoms with Gasteiger partial charge in [0, 0.05) is 27.8 Å². The van der Waals surface area contributed by atoms with Gasteiger partial charge in [-0.2, -0.15) is 11.8 Å². The molecule has 0 aromatic carbocycles. The van der Waals surface area contributed by atoms with Gasteiger partial charge in [-0.3, -0.25) is 0 Å². The molecule has 2 N–H and O–H groups in total. The maximum atomic E-state index is 5.84. The molecule has 18 heavy (non-hydrogen) atoms. The van der Waals surface area contributed by atoms with Gasteiger partial charge < -0.3 is 5.73 Å². The van der Waals surface area contributed by atoms with E-state index in [1.54, 1.807) is 0 Å². The highest BCUT2D eigenvalue weighted by atomic mass is 32.2. The van der Waals surface area contributed by atoms with E-state index in [1.165, 1.54) is 41.3 Å². The van der Waals surface area contributed by atoms with E-state index in [4.69, 9.17) is 10.7 Å². The predicted octanol–water partition coefficient (Wildman–Crippen LogP) is 4.08. The fourth-order valence-electron chi connectivity index (χ4n) is 2.43. The summed E-state index contributed by atoms with van der Waals surface area (Å²) in [5.74, 6) is 1.07. The van der Waals surface area contributed by atoms with E-state index >= 15 is 0 Å². The molecule has 4 heteroatoms. The van der Waals surface area contributed by atoms with Gasteiger partial charge in [0.05, 0.1) is 5.69 Å². The average Bonchev–Trinajstić information content (AvgIpc) is 2.94. The first-order valence-corrected chi connectivity index (χ1v) is 8.68. The van der Waals surface area contributed by atoms with E-state index < -0.39 is 0 Å². The molecular formula is C14H24N2S2. The molecule has 2 nitrogen and oxygen atoms in total. The standard InChI is InChI=1S/C14H24N2S2/c1-14(2,3)13-11(8-15)18-12(16-13)9-17-10-6-4-5-7-10/h10H,4-9,15H2,1-3H3. The molecule has 1 aliphatic carbocycles. The van der Waals surface area contributed by atoms with Crippen molar-refractivity contribution in [3.05, 3.63) is 15.6 Å². The second-order valence-electron chi connectivity index (χ2n) is 6.05. The summed E-state index contributed by atoms with van der Waals surface area (Å²) in [5.41, 5.74) is 7.16. The molecule has 0 atom stereocenters. The van der Waals surface area contributed by atoms with Crippen LogP contribution >= 0.6 is 23.1 Å². The number of rotatable bonds is 4. The molecule has 1 saturated carbocycles. The van der Waals surface area contributed by atoms with Crippen molar-refractivity contribution in [1.82, 2.24) is 4.98 Å². The minimum atomic E-state index is 0.113. The van der Waals surface area contributed by atoms with E-state index in [0.717, 1.165) is 11.0 Å². The molecule has 0 bridgehead atoms. The van der Waals surface area contributed by atoms with Crippen molar-refractivity contribution in [3.63, 3.8) is 0 Å². The molecule has 1 heterocycles. The van der Waals surface area contributed by atoms with Crippen LogP contribution < -0.4 is 5.73 Å². The maximum absolute atomic E-state index is 5.84. The Balaban J connectivity index is 2.02. The molecule has 0 aliphatic heterocycles. The number of hydrogen-bond acceptors (Lipinski definition) is 4. The molecule has 102 valence electrons. The summed E-state index contributed by atoms with van der Waals surface area (Å²) in [7, 11) is 0. The van der Waals surface area contributed by atoms with Crippen molar-refractivity contribution in [1.29, 1.82) is 0 Å². The van der Waals surface area contributed by atoms with Gasteiger partial charge in [0.1, 0.15) is 5.01 Å². The molecule has 1 aliphatic rings. The van der Waals surface area contributed by atoms with Gasteiger partial charge in [-0.15, -0.1) is 11.3 Å². The lowest BCUT2D eigenvalue weighted by atomic mass is 9.91. The zero-order valence-electron chi connectivity index (χ0n) is 11.7. The molecule has 0 unspecified atom stereocenters. The summed E-state index contributed by atoms with van der Waals surface area (Å²) in [4.78, 5) is 6.10. The normalized spacial score (nSPS) is 17.6. The first kappa shape index (κ1) is 14.4. The number of nitrogens with two attached hydrogens (primary N) is 1. The van der Waals surface area contributed by atoms with Gasteiger partial charge in [-0.1, -0.05) is 33.6 Å². The summed E-state index contributed by atoms with van der Waals surface area (Å²) in [6, 6.07) is 0. The highest BCUT2D eigenvalue weighted by Gasteiger charge is 2.23. The van der Waals surface area contributed by atoms with Crippen LogP contribution in [0.15, 0.2) is 0 Å². The lowest BCUT2D eigenvalue weighted by Crippen LogP contribution is -2.15. The molecule has 1 aromatic heterocycles. The van der Waals surface area contributed by atoms with Crippen molar-refractivity contribution in [3.8, 4) is 0 Å².